The third kappa shape index (κ3) is 4.84. The number of aliphatic carboxylic acids is 1. The number of carboxylic acid groups (broad SMARTS) is 2. The van der Waals surface area contributed by atoms with Crippen molar-refractivity contribution in [3.8, 4) is 0 Å². The first-order valence-electron chi connectivity index (χ1n) is 10.9. The van der Waals surface area contributed by atoms with E-state index in [2.05, 4.69) is 9.97 Å². The number of nitrogens with one attached hydrogen (secondary N) is 1. The number of carboxylic acids is 1. The quantitative estimate of drug-likeness (QED) is 0.280. The average Bonchev–Trinajstić information content (AvgIpc) is 3.40. The molecule has 0 fully saturated rings. The van der Waals surface area contributed by atoms with Crippen LogP contribution in [0.15, 0.2) is 66.7 Å². The van der Waals surface area contributed by atoms with Gasteiger partial charge < -0.3 is 20.3 Å². The lowest BCUT2D eigenvalue weighted by molar-refractivity contribution is -0.192. The van der Waals surface area contributed by atoms with Gasteiger partial charge in [0.25, 0.3) is 5.91 Å². The number of fused-ring (bicyclic) bond motifs is 2. The van der Waals surface area contributed by atoms with Crippen LogP contribution in [-0.4, -0.2) is 56.5 Å². The minimum atomic E-state index is -5.08. The Morgan fingerprint density at radius 1 is 1.03 bits per heavy atom. The molecule has 202 valence electrons. The Hall–Kier alpha value is -4.98. The highest BCUT2D eigenvalue weighted by Crippen LogP contribution is 2.45. The largest absolute Gasteiger partial charge is 0.490 e. The highest BCUT2D eigenvalue weighted by Gasteiger charge is 2.50. The molecular formula is C25H18F4N4O6. The Kier molecular flexibility index (Phi) is 6.74. The summed E-state index contributed by atoms with van der Waals surface area (Å²) in [6.45, 7) is 0. The number of amides is 2. The van der Waals surface area contributed by atoms with Crippen molar-refractivity contribution in [1.82, 2.24) is 9.97 Å². The fourth-order valence-electron chi connectivity index (χ4n) is 4.03. The summed E-state index contributed by atoms with van der Waals surface area (Å²) in [6.07, 6.45) is -6.27. The number of benzene rings is 3. The molecule has 2 amide bonds. The number of alkyl halides is 3. The fraction of sp³-hybridized carbons (Fsp3) is 0.120. The van der Waals surface area contributed by atoms with Crippen LogP contribution in [0.3, 0.4) is 0 Å². The number of hydrogen-bond acceptors (Lipinski definition) is 5. The molecule has 0 radical (unpaired) electrons. The van der Waals surface area contributed by atoms with Gasteiger partial charge in [-0.3, -0.25) is 14.6 Å². The number of rotatable bonds is 3. The van der Waals surface area contributed by atoms with Crippen molar-refractivity contribution in [2.45, 2.75) is 11.9 Å². The van der Waals surface area contributed by atoms with E-state index in [0.29, 0.717) is 27.7 Å². The van der Waals surface area contributed by atoms with Crippen molar-refractivity contribution in [3.63, 3.8) is 0 Å². The van der Waals surface area contributed by atoms with Crippen LogP contribution in [0.25, 0.3) is 11.0 Å². The first kappa shape index (κ1) is 27.1. The molecule has 3 aromatic carbocycles. The molecule has 4 aromatic rings. The van der Waals surface area contributed by atoms with Gasteiger partial charge in [0, 0.05) is 23.7 Å². The number of hydrogen-bond donors (Lipinski definition) is 4. The molecule has 4 N–H and O–H groups in total. The molecule has 1 unspecified atom stereocenters. The van der Waals surface area contributed by atoms with Crippen molar-refractivity contribution in [1.29, 1.82) is 0 Å². The van der Waals surface area contributed by atoms with Crippen LogP contribution >= 0.6 is 0 Å². The number of aromatic nitrogens is 2. The van der Waals surface area contributed by atoms with E-state index in [1.165, 1.54) is 25.2 Å². The van der Waals surface area contributed by atoms with Crippen LogP contribution in [0.5, 0.6) is 0 Å². The van der Waals surface area contributed by atoms with Crippen LogP contribution in [-0.2, 0) is 10.5 Å². The molecule has 5 rings (SSSR count). The molecular weight excluding hydrogens is 528 g/mol. The van der Waals surface area contributed by atoms with Gasteiger partial charge >= 0.3 is 18.2 Å². The van der Waals surface area contributed by atoms with E-state index < -0.39 is 35.7 Å². The van der Waals surface area contributed by atoms with Crippen LogP contribution in [0.4, 0.5) is 34.0 Å². The minimum absolute atomic E-state index is 0.113. The number of carbonyl (C=O) groups excluding carboxylic acids is 1. The lowest BCUT2D eigenvalue weighted by Crippen LogP contribution is -2.45. The molecule has 0 spiro atoms. The summed E-state index contributed by atoms with van der Waals surface area (Å²) in [7, 11) is 1.35. The van der Waals surface area contributed by atoms with Crippen LogP contribution < -0.4 is 9.80 Å². The summed E-state index contributed by atoms with van der Waals surface area (Å²) in [5.74, 6) is -3.65. The first-order chi connectivity index (χ1) is 18.2. The number of anilines is 2. The van der Waals surface area contributed by atoms with Crippen molar-refractivity contribution < 1.29 is 47.3 Å². The van der Waals surface area contributed by atoms with Crippen molar-refractivity contribution in [2.75, 3.05) is 16.8 Å². The Labute approximate surface area is 216 Å². The molecule has 1 aliphatic heterocycles. The minimum Gasteiger partial charge on any atom is -0.475 e. The van der Waals surface area contributed by atoms with E-state index in [-0.39, 0.29) is 11.6 Å². The molecule has 0 aliphatic carbocycles. The smallest absolute Gasteiger partial charge is 0.475 e. The summed E-state index contributed by atoms with van der Waals surface area (Å²) in [6, 6.07) is 16.9. The number of halogens is 4. The summed E-state index contributed by atoms with van der Waals surface area (Å²) in [5.41, 5.74) is 0.224. The van der Waals surface area contributed by atoms with Gasteiger partial charge in [0.1, 0.15) is 5.82 Å². The molecule has 0 saturated heterocycles. The van der Waals surface area contributed by atoms with E-state index in [4.69, 9.17) is 9.90 Å². The predicted octanol–water partition coefficient (Wildman–Crippen LogP) is 4.30. The van der Waals surface area contributed by atoms with E-state index in [0.717, 1.165) is 9.80 Å². The van der Waals surface area contributed by atoms with E-state index in [1.54, 1.807) is 48.5 Å². The average molecular weight is 546 g/mol. The summed E-state index contributed by atoms with van der Waals surface area (Å²) < 4.78 is 45.7. The molecule has 2 heterocycles. The van der Waals surface area contributed by atoms with Gasteiger partial charge in [0.2, 0.25) is 5.95 Å². The van der Waals surface area contributed by atoms with E-state index in [9.17, 15) is 37.4 Å². The molecule has 1 atom stereocenters. The maximum Gasteiger partial charge on any atom is 0.490 e. The molecule has 10 nitrogen and oxygen atoms in total. The van der Waals surface area contributed by atoms with Gasteiger partial charge in [-0.2, -0.15) is 13.2 Å². The second-order valence-corrected chi connectivity index (χ2v) is 8.28. The van der Waals surface area contributed by atoms with Crippen molar-refractivity contribution >= 4 is 40.6 Å². The zero-order valence-corrected chi connectivity index (χ0v) is 19.8. The van der Waals surface area contributed by atoms with Gasteiger partial charge in [-0.25, -0.2) is 19.0 Å². The normalized spacial score (nSPS) is 16.5. The van der Waals surface area contributed by atoms with Gasteiger partial charge in [0.05, 0.1) is 16.7 Å². The topological polar surface area (TPSA) is 147 Å². The first-order valence-corrected chi connectivity index (χ1v) is 10.9. The summed E-state index contributed by atoms with van der Waals surface area (Å²) in [5, 5.41) is 28.3. The van der Waals surface area contributed by atoms with Gasteiger partial charge in [-0.05, 0) is 36.4 Å². The van der Waals surface area contributed by atoms with E-state index in [1.807, 2.05) is 0 Å². The van der Waals surface area contributed by atoms with Gasteiger partial charge in [-0.1, -0.05) is 30.3 Å². The molecule has 1 aliphatic rings. The lowest BCUT2D eigenvalue weighted by atomic mass is 9.93. The van der Waals surface area contributed by atoms with Gasteiger partial charge in [0.15, 0.2) is 5.72 Å². The SMILES string of the molecule is CN(C(=O)O)c1nc2ccc(C3(O)c4ccccc4C(=O)N3c3cccc(F)c3)cc2[nH]1.O=C(O)C(F)(F)F. The monoisotopic (exact) mass is 546 g/mol. The number of imidazole rings is 1. The zero-order chi connectivity index (χ0) is 28.7. The van der Waals surface area contributed by atoms with Crippen LogP contribution in [0, 0.1) is 5.82 Å². The molecule has 1 aromatic heterocycles. The molecule has 0 saturated carbocycles. The van der Waals surface area contributed by atoms with Crippen molar-refractivity contribution in [2.24, 2.45) is 0 Å². The summed E-state index contributed by atoms with van der Waals surface area (Å²) in [4.78, 5) is 42.7. The highest BCUT2D eigenvalue weighted by atomic mass is 19.4. The van der Waals surface area contributed by atoms with Crippen molar-refractivity contribution in [3.05, 3.63) is 89.2 Å². The second-order valence-electron chi connectivity index (χ2n) is 8.28. The lowest BCUT2D eigenvalue weighted by Gasteiger charge is -2.34. The maximum absolute atomic E-state index is 14.0. The molecule has 39 heavy (non-hydrogen) atoms. The maximum atomic E-state index is 14.0. The third-order valence-electron chi connectivity index (χ3n) is 5.85. The fourth-order valence-corrected chi connectivity index (χ4v) is 4.03. The molecule has 0 bridgehead atoms. The Morgan fingerprint density at radius 2 is 1.69 bits per heavy atom. The number of aromatic amines is 1. The van der Waals surface area contributed by atoms with Gasteiger partial charge in [-0.15, -0.1) is 0 Å². The number of carbonyl (C=O) groups is 3. The second kappa shape index (κ2) is 9.72. The highest BCUT2D eigenvalue weighted by molar-refractivity contribution is 6.12. The Balaban J connectivity index is 0.000000448. The molecule has 14 heteroatoms. The standard InChI is InChI=1S/C23H17FN4O4.C2HF3O2/c1-27(22(30)31)21-25-18-10-9-13(11-19(18)26-21)23(32)17-8-3-2-7-16(17)20(29)28(23)15-6-4-5-14(24)12-15;3-2(4,5)1(6)7/h2-12,32H,1H3,(H,25,26)(H,30,31);(H,6,7). The Morgan fingerprint density at radius 3 is 2.31 bits per heavy atom. The Bertz CT molecular complexity index is 1600. The third-order valence-corrected chi connectivity index (χ3v) is 5.85. The summed E-state index contributed by atoms with van der Waals surface area (Å²) >= 11 is 0. The van der Waals surface area contributed by atoms with Crippen LogP contribution in [0.2, 0.25) is 0 Å². The number of nitrogens with zero attached hydrogens (tertiary/aromatic N) is 3. The zero-order valence-electron chi connectivity index (χ0n) is 19.8. The number of aliphatic hydroxyl groups is 1. The van der Waals surface area contributed by atoms with E-state index >= 15 is 0 Å². The predicted molar refractivity (Wildman–Crippen MR) is 129 cm³/mol. The number of H-pyrrole nitrogens is 1. The van der Waals surface area contributed by atoms with Crippen LogP contribution in [0.1, 0.15) is 21.5 Å².